The van der Waals surface area contributed by atoms with Crippen LogP contribution < -0.4 is 5.32 Å². The van der Waals surface area contributed by atoms with E-state index in [0.29, 0.717) is 5.16 Å². The van der Waals surface area contributed by atoms with Crippen LogP contribution in [0.2, 0.25) is 0 Å². The number of carbonyl (C=O) groups excluding carboxylic acids is 1. The lowest BCUT2D eigenvalue weighted by molar-refractivity contribution is -0.115. The minimum absolute atomic E-state index is 0.0509. The van der Waals surface area contributed by atoms with Gasteiger partial charge in [-0.15, -0.1) is 10.2 Å². The summed E-state index contributed by atoms with van der Waals surface area (Å²) in [6.07, 6.45) is 1.66. The van der Waals surface area contributed by atoms with Gasteiger partial charge in [0.25, 0.3) is 0 Å². The van der Waals surface area contributed by atoms with Crippen LogP contribution in [0.5, 0.6) is 0 Å². The largest absolute Gasteiger partial charge is 0.325 e. The Hall–Kier alpha value is -2.60. The second-order valence-electron chi connectivity index (χ2n) is 5.84. The molecular weight excluding hydrogens is 332 g/mol. The molecule has 1 aromatic heterocycles. The molecule has 3 rings (SSSR count). The number of hydrogen-bond acceptors (Lipinski definition) is 4. The first-order chi connectivity index (χ1) is 12.1. The van der Waals surface area contributed by atoms with Gasteiger partial charge < -0.3 is 5.32 Å². The first kappa shape index (κ1) is 17.2. The molecule has 0 aliphatic heterocycles. The van der Waals surface area contributed by atoms with E-state index in [1.807, 2.05) is 73.9 Å². The van der Waals surface area contributed by atoms with E-state index in [0.717, 1.165) is 22.5 Å². The summed E-state index contributed by atoms with van der Waals surface area (Å²) in [5.41, 5.74) is 3.96. The van der Waals surface area contributed by atoms with Crippen LogP contribution in [0.3, 0.4) is 0 Å². The number of anilines is 1. The average Bonchev–Trinajstić information content (AvgIpc) is 3.07. The van der Waals surface area contributed by atoms with Crippen LogP contribution in [0.25, 0.3) is 5.69 Å². The first-order valence-corrected chi connectivity index (χ1v) is 8.93. The van der Waals surface area contributed by atoms with Gasteiger partial charge in [0.1, 0.15) is 6.33 Å². The van der Waals surface area contributed by atoms with Crippen molar-refractivity contribution in [3.8, 4) is 5.69 Å². The summed E-state index contributed by atoms with van der Waals surface area (Å²) in [4.78, 5) is 12.6. The summed E-state index contributed by atoms with van der Waals surface area (Å²) < 4.78 is 1.88. The number of aryl methyl sites for hydroxylation is 2. The predicted octanol–water partition coefficient (Wildman–Crippen LogP) is 4.00. The molecule has 0 saturated carbocycles. The monoisotopic (exact) mass is 352 g/mol. The van der Waals surface area contributed by atoms with Crippen LogP contribution in [-0.4, -0.2) is 25.9 Å². The van der Waals surface area contributed by atoms with Crippen molar-refractivity contribution in [2.45, 2.75) is 31.2 Å². The lowest BCUT2D eigenvalue weighted by atomic mass is 10.1. The summed E-state index contributed by atoms with van der Waals surface area (Å²) in [5, 5.41) is 11.6. The maximum absolute atomic E-state index is 12.6. The van der Waals surface area contributed by atoms with Gasteiger partial charge in [-0.2, -0.15) is 0 Å². The molecule has 0 saturated heterocycles. The zero-order valence-corrected chi connectivity index (χ0v) is 15.2. The number of hydrogen-bond donors (Lipinski definition) is 1. The number of nitrogens with zero attached hydrogens (tertiary/aromatic N) is 3. The number of rotatable bonds is 5. The zero-order chi connectivity index (χ0) is 17.8. The van der Waals surface area contributed by atoms with Gasteiger partial charge in [0.05, 0.1) is 5.25 Å². The molecule has 6 heteroatoms. The summed E-state index contributed by atoms with van der Waals surface area (Å²) in [6, 6.07) is 15.8. The molecule has 5 nitrogen and oxygen atoms in total. The van der Waals surface area contributed by atoms with Crippen LogP contribution in [-0.2, 0) is 4.79 Å². The van der Waals surface area contributed by atoms with Crippen molar-refractivity contribution in [2.75, 3.05) is 5.32 Å². The molecule has 1 unspecified atom stereocenters. The Bertz CT molecular complexity index is 856. The number of benzene rings is 2. The van der Waals surface area contributed by atoms with Gasteiger partial charge in [0, 0.05) is 11.4 Å². The van der Waals surface area contributed by atoms with Gasteiger partial charge >= 0.3 is 0 Å². The number of nitrogens with one attached hydrogen (secondary N) is 1. The highest BCUT2D eigenvalue weighted by molar-refractivity contribution is 8.00. The smallest absolute Gasteiger partial charge is 0.237 e. The minimum atomic E-state index is -0.300. The van der Waals surface area contributed by atoms with Crippen LogP contribution in [0, 0.1) is 13.8 Å². The quantitative estimate of drug-likeness (QED) is 0.705. The number of aromatic nitrogens is 3. The summed E-state index contributed by atoms with van der Waals surface area (Å²) in [5.74, 6) is -0.0509. The van der Waals surface area contributed by atoms with Crippen LogP contribution in [0.4, 0.5) is 5.69 Å². The third-order valence-corrected chi connectivity index (χ3v) is 4.99. The van der Waals surface area contributed by atoms with Gasteiger partial charge in [-0.1, -0.05) is 48.2 Å². The van der Waals surface area contributed by atoms with Crippen molar-refractivity contribution < 1.29 is 4.79 Å². The molecule has 25 heavy (non-hydrogen) atoms. The van der Waals surface area contributed by atoms with Crippen molar-refractivity contribution in [1.29, 1.82) is 0 Å². The molecule has 1 N–H and O–H groups in total. The summed E-state index contributed by atoms with van der Waals surface area (Å²) in [7, 11) is 0. The molecule has 0 spiro atoms. The Balaban J connectivity index is 1.74. The van der Waals surface area contributed by atoms with Crippen LogP contribution >= 0.6 is 11.8 Å². The molecule has 1 atom stereocenters. The van der Waals surface area contributed by atoms with E-state index >= 15 is 0 Å². The Kier molecular flexibility index (Phi) is 5.19. The van der Waals surface area contributed by atoms with Gasteiger partial charge in [-0.05, 0) is 44.0 Å². The molecule has 2 aromatic carbocycles. The fourth-order valence-corrected chi connectivity index (χ4v) is 3.36. The fraction of sp³-hybridized carbons (Fsp3) is 0.211. The summed E-state index contributed by atoms with van der Waals surface area (Å²) >= 11 is 1.39. The number of thioether (sulfide) groups is 1. The molecule has 0 bridgehead atoms. The topological polar surface area (TPSA) is 59.8 Å². The predicted molar refractivity (Wildman–Crippen MR) is 101 cm³/mol. The highest BCUT2D eigenvalue weighted by Gasteiger charge is 2.19. The number of amides is 1. The first-order valence-electron chi connectivity index (χ1n) is 8.05. The Labute approximate surface area is 151 Å². The molecule has 1 amide bonds. The van der Waals surface area contributed by atoms with Gasteiger partial charge in [0.15, 0.2) is 5.16 Å². The molecular formula is C19H20N4OS. The molecule has 0 aliphatic carbocycles. The normalized spacial score (nSPS) is 12.0. The highest BCUT2D eigenvalue weighted by atomic mass is 32.2. The Morgan fingerprint density at radius 2 is 1.76 bits per heavy atom. The van der Waals surface area contributed by atoms with E-state index < -0.39 is 0 Å². The molecule has 128 valence electrons. The molecule has 1 heterocycles. The van der Waals surface area contributed by atoms with Crippen LogP contribution in [0.15, 0.2) is 60.0 Å². The molecule has 3 aromatic rings. The highest BCUT2D eigenvalue weighted by Crippen LogP contribution is 2.26. The van der Waals surface area contributed by atoms with Crippen LogP contribution in [0.1, 0.15) is 18.1 Å². The number of carbonyl (C=O) groups is 1. The maximum Gasteiger partial charge on any atom is 0.237 e. The Morgan fingerprint density at radius 3 is 2.44 bits per heavy atom. The fourth-order valence-electron chi connectivity index (χ4n) is 2.52. The zero-order valence-electron chi connectivity index (χ0n) is 14.4. The Morgan fingerprint density at radius 1 is 1.08 bits per heavy atom. The SMILES string of the molecule is Cc1cccc(C)c1NC(=O)C(C)Sc1nncn1-c1ccccc1. The third kappa shape index (κ3) is 3.91. The van der Waals surface area contributed by atoms with Crippen molar-refractivity contribution >= 4 is 23.4 Å². The summed E-state index contributed by atoms with van der Waals surface area (Å²) in [6.45, 7) is 5.86. The molecule has 0 fully saturated rings. The van der Waals surface area contributed by atoms with Crippen molar-refractivity contribution in [2.24, 2.45) is 0 Å². The van der Waals surface area contributed by atoms with Gasteiger partial charge in [0.2, 0.25) is 5.91 Å². The molecule has 0 aliphatic rings. The second-order valence-corrected chi connectivity index (χ2v) is 7.14. The lowest BCUT2D eigenvalue weighted by Gasteiger charge is -2.15. The van der Waals surface area contributed by atoms with E-state index in [4.69, 9.17) is 0 Å². The maximum atomic E-state index is 12.6. The van der Waals surface area contributed by atoms with E-state index in [1.165, 1.54) is 11.8 Å². The molecule has 0 radical (unpaired) electrons. The van der Waals surface area contributed by atoms with E-state index in [9.17, 15) is 4.79 Å². The average molecular weight is 352 g/mol. The van der Waals surface area contributed by atoms with Gasteiger partial charge in [-0.25, -0.2) is 0 Å². The standard InChI is InChI=1S/C19H20N4OS/c1-13-8-7-9-14(2)17(13)21-18(24)15(3)25-19-22-20-12-23(19)16-10-5-4-6-11-16/h4-12,15H,1-3H3,(H,21,24). The lowest BCUT2D eigenvalue weighted by Crippen LogP contribution is -2.23. The van der Waals surface area contributed by atoms with E-state index in [2.05, 4.69) is 15.5 Å². The van der Waals surface area contributed by atoms with Crippen molar-refractivity contribution in [3.63, 3.8) is 0 Å². The minimum Gasteiger partial charge on any atom is -0.325 e. The van der Waals surface area contributed by atoms with Gasteiger partial charge in [-0.3, -0.25) is 9.36 Å². The van der Waals surface area contributed by atoms with Crippen molar-refractivity contribution in [1.82, 2.24) is 14.8 Å². The van der Waals surface area contributed by atoms with Crippen molar-refractivity contribution in [3.05, 3.63) is 66.0 Å². The van der Waals surface area contributed by atoms with E-state index in [1.54, 1.807) is 6.33 Å². The van der Waals surface area contributed by atoms with E-state index in [-0.39, 0.29) is 11.2 Å². The number of para-hydroxylation sites is 2. The second kappa shape index (κ2) is 7.53. The third-order valence-electron chi connectivity index (χ3n) is 3.93.